The molecule has 0 aliphatic carbocycles. The molecule has 0 aliphatic rings. The average molecular weight is 355 g/mol. The van der Waals surface area contributed by atoms with Crippen molar-refractivity contribution in [1.82, 2.24) is 5.32 Å². The Labute approximate surface area is 136 Å². The lowest BCUT2D eigenvalue weighted by Crippen LogP contribution is -2.33. The van der Waals surface area contributed by atoms with Crippen LogP contribution < -0.4 is 11.1 Å². The molecule has 0 aliphatic heterocycles. The molecule has 3 N–H and O–H groups in total. The van der Waals surface area contributed by atoms with E-state index in [1.807, 2.05) is 12.1 Å². The van der Waals surface area contributed by atoms with Crippen molar-refractivity contribution in [3.63, 3.8) is 0 Å². The minimum atomic E-state index is 0.0391. The molecule has 3 nitrogen and oxygen atoms in total. The number of nitrogens with two attached hydrogens (primary N) is 1. The fourth-order valence-electron chi connectivity index (χ4n) is 2.43. The molecule has 0 heterocycles. The van der Waals surface area contributed by atoms with Crippen LogP contribution in [-0.2, 0) is 11.2 Å². The van der Waals surface area contributed by atoms with Crippen molar-refractivity contribution in [1.29, 1.82) is 0 Å². The molecule has 0 bridgehead atoms. The topological polar surface area (TPSA) is 55.1 Å². The largest absolute Gasteiger partial charge is 0.356 e. The maximum Gasteiger partial charge on any atom is 0.223 e. The molecular formula is C17H27BrN2O. The number of nitrogens with one attached hydrogen (secondary N) is 1. The highest BCUT2D eigenvalue weighted by atomic mass is 79.9. The van der Waals surface area contributed by atoms with Gasteiger partial charge in [-0.25, -0.2) is 0 Å². The van der Waals surface area contributed by atoms with Gasteiger partial charge >= 0.3 is 0 Å². The molecule has 0 fully saturated rings. The Hall–Kier alpha value is -0.870. The van der Waals surface area contributed by atoms with Gasteiger partial charge in [0.15, 0.2) is 0 Å². The highest BCUT2D eigenvalue weighted by Gasteiger charge is 2.20. The lowest BCUT2D eigenvalue weighted by molar-refractivity contribution is -0.125. The number of carbonyl (C=O) groups excluding carboxylic acids is 1. The zero-order chi connectivity index (χ0) is 15.7. The summed E-state index contributed by atoms with van der Waals surface area (Å²) in [6.07, 6.45) is 3.61. The second-order valence-corrected chi connectivity index (χ2v) is 6.86. The summed E-state index contributed by atoms with van der Waals surface area (Å²) in [6, 6.07) is 8.20. The van der Waals surface area contributed by atoms with Crippen LogP contribution in [0.5, 0.6) is 0 Å². The first-order valence-electron chi connectivity index (χ1n) is 7.75. The first-order chi connectivity index (χ1) is 10.0. The van der Waals surface area contributed by atoms with Gasteiger partial charge in [-0.3, -0.25) is 4.79 Å². The zero-order valence-electron chi connectivity index (χ0n) is 13.1. The Bertz CT molecular complexity index is 435. The molecule has 1 atom stereocenters. The van der Waals surface area contributed by atoms with E-state index in [4.69, 9.17) is 5.73 Å². The van der Waals surface area contributed by atoms with Crippen molar-refractivity contribution in [3.05, 3.63) is 34.3 Å². The van der Waals surface area contributed by atoms with Gasteiger partial charge in [-0.05, 0) is 55.8 Å². The van der Waals surface area contributed by atoms with E-state index in [0.717, 1.165) is 36.7 Å². The predicted molar refractivity (Wildman–Crippen MR) is 92.1 cm³/mol. The van der Waals surface area contributed by atoms with Crippen LogP contribution in [0.2, 0.25) is 0 Å². The molecule has 1 unspecified atom stereocenters. The molecule has 118 valence electrons. The van der Waals surface area contributed by atoms with E-state index in [-0.39, 0.29) is 11.8 Å². The summed E-state index contributed by atoms with van der Waals surface area (Å²) in [5, 5.41) is 3.05. The number of hydrogen-bond acceptors (Lipinski definition) is 2. The average Bonchev–Trinajstić information content (AvgIpc) is 2.42. The van der Waals surface area contributed by atoms with Crippen LogP contribution in [0.4, 0.5) is 0 Å². The molecule has 1 amide bonds. The maximum absolute atomic E-state index is 12.4. The Balaban J connectivity index is 2.60. The van der Waals surface area contributed by atoms with Gasteiger partial charge in [0.2, 0.25) is 5.91 Å². The van der Waals surface area contributed by atoms with Crippen molar-refractivity contribution in [2.45, 2.75) is 39.5 Å². The number of amides is 1. The quantitative estimate of drug-likeness (QED) is 0.666. The summed E-state index contributed by atoms with van der Waals surface area (Å²) >= 11 is 3.49. The number of hydrogen-bond donors (Lipinski definition) is 2. The van der Waals surface area contributed by atoms with Crippen molar-refractivity contribution < 1.29 is 4.79 Å². The van der Waals surface area contributed by atoms with Gasteiger partial charge in [0.1, 0.15) is 0 Å². The Morgan fingerprint density at radius 3 is 2.71 bits per heavy atom. The zero-order valence-corrected chi connectivity index (χ0v) is 14.7. The van der Waals surface area contributed by atoms with Crippen molar-refractivity contribution in [3.8, 4) is 0 Å². The fraction of sp³-hybridized carbons (Fsp3) is 0.588. The van der Waals surface area contributed by atoms with Crippen molar-refractivity contribution in [2.24, 2.45) is 17.6 Å². The molecule has 21 heavy (non-hydrogen) atoms. The summed E-state index contributed by atoms with van der Waals surface area (Å²) in [5.41, 5.74) is 6.67. The molecule has 1 rings (SSSR count). The second kappa shape index (κ2) is 9.96. The minimum absolute atomic E-state index is 0.0391. The van der Waals surface area contributed by atoms with E-state index >= 15 is 0 Å². The van der Waals surface area contributed by atoms with Crippen LogP contribution in [0.15, 0.2) is 28.7 Å². The smallest absolute Gasteiger partial charge is 0.223 e. The standard InChI is InChI=1S/C17H27BrN2O/c1-13(2)10-15(17(21)20-9-4-3-8-19)11-14-6-5-7-16(18)12-14/h5-7,12-13,15H,3-4,8-11,19H2,1-2H3,(H,20,21). The Kier molecular flexibility index (Phi) is 8.62. The highest BCUT2D eigenvalue weighted by molar-refractivity contribution is 9.10. The van der Waals surface area contributed by atoms with E-state index in [2.05, 4.69) is 47.2 Å². The minimum Gasteiger partial charge on any atom is -0.356 e. The van der Waals surface area contributed by atoms with E-state index in [0.29, 0.717) is 12.5 Å². The first-order valence-corrected chi connectivity index (χ1v) is 8.54. The third kappa shape index (κ3) is 7.63. The van der Waals surface area contributed by atoms with Gasteiger partial charge < -0.3 is 11.1 Å². The SMILES string of the molecule is CC(C)CC(Cc1cccc(Br)c1)C(=O)NCCCCN. The number of rotatable bonds is 9. The van der Waals surface area contributed by atoms with Crippen LogP contribution in [0.1, 0.15) is 38.7 Å². The Morgan fingerprint density at radius 2 is 2.10 bits per heavy atom. The third-order valence-corrected chi connectivity index (χ3v) is 3.92. The van der Waals surface area contributed by atoms with Crippen LogP contribution in [0.3, 0.4) is 0 Å². The van der Waals surface area contributed by atoms with E-state index in [1.54, 1.807) is 0 Å². The molecule has 0 aromatic heterocycles. The lowest BCUT2D eigenvalue weighted by Gasteiger charge is -2.19. The Morgan fingerprint density at radius 1 is 1.33 bits per heavy atom. The molecule has 0 radical (unpaired) electrons. The van der Waals surface area contributed by atoms with Crippen molar-refractivity contribution in [2.75, 3.05) is 13.1 Å². The number of carbonyl (C=O) groups is 1. The monoisotopic (exact) mass is 354 g/mol. The van der Waals surface area contributed by atoms with Gasteiger partial charge in [0.25, 0.3) is 0 Å². The molecule has 0 saturated carbocycles. The summed E-state index contributed by atoms with van der Waals surface area (Å²) in [4.78, 5) is 12.4. The van der Waals surface area contributed by atoms with Gasteiger partial charge in [-0.1, -0.05) is 41.9 Å². The second-order valence-electron chi connectivity index (χ2n) is 5.95. The molecule has 1 aromatic rings. The first kappa shape index (κ1) is 18.2. The fourth-order valence-corrected chi connectivity index (χ4v) is 2.87. The predicted octanol–water partition coefficient (Wildman–Crippen LogP) is 3.51. The van der Waals surface area contributed by atoms with Crippen molar-refractivity contribution >= 4 is 21.8 Å². The summed E-state index contributed by atoms with van der Waals surface area (Å²) in [5.74, 6) is 0.717. The highest BCUT2D eigenvalue weighted by Crippen LogP contribution is 2.20. The van der Waals surface area contributed by atoms with Gasteiger partial charge in [0.05, 0.1) is 0 Å². The van der Waals surface area contributed by atoms with E-state index < -0.39 is 0 Å². The van der Waals surface area contributed by atoms with Crippen LogP contribution >= 0.6 is 15.9 Å². The van der Waals surface area contributed by atoms with Crippen LogP contribution in [-0.4, -0.2) is 19.0 Å². The summed E-state index contributed by atoms with van der Waals surface area (Å²) in [7, 11) is 0. The number of benzene rings is 1. The lowest BCUT2D eigenvalue weighted by atomic mass is 9.90. The van der Waals surface area contributed by atoms with Crippen LogP contribution in [0.25, 0.3) is 0 Å². The maximum atomic E-state index is 12.4. The molecule has 0 spiro atoms. The van der Waals surface area contributed by atoms with E-state index in [1.165, 1.54) is 5.56 Å². The summed E-state index contributed by atoms with van der Waals surface area (Å²) < 4.78 is 1.06. The number of halogens is 1. The molecule has 4 heteroatoms. The van der Waals surface area contributed by atoms with Gasteiger partial charge in [-0.15, -0.1) is 0 Å². The molecular weight excluding hydrogens is 328 g/mol. The van der Waals surface area contributed by atoms with E-state index in [9.17, 15) is 4.79 Å². The van der Waals surface area contributed by atoms with Gasteiger partial charge in [0, 0.05) is 16.9 Å². The summed E-state index contributed by atoms with van der Waals surface area (Å²) in [6.45, 7) is 5.73. The molecule has 1 aromatic carbocycles. The van der Waals surface area contributed by atoms with Gasteiger partial charge in [-0.2, -0.15) is 0 Å². The third-order valence-electron chi connectivity index (χ3n) is 3.43. The number of unbranched alkanes of at least 4 members (excludes halogenated alkanes) is 1. The van der Waals surface area contributed by atoms with Crippen LogP contribution in [0, 0.1) is 11.8 Å². The normalized spacial score (nSPS) is 12.4. The molecule has 0 saturated heterocycles.